The van der Waals surface area contributed by atoms with Crippen molar-refractivity contribution in [3.8, 4) is 16.9 Å². The van der Waals surface area contributed by atoms with Crippen molar-refractivity contribution >= 4 is 11.8 Å². The van der Waals surface area contributed by atoms with Crippen molar-refractivity contribution in [2.75, 3.05) is 13.7 Å². The number of Topliss-reactive ketones (excluding diaryl/α,β-unsaturated/α-hetero) is 1. The van der Waals surface area contributed by atoms with Gasteiger partial charge >= 0.3 is 5.97 Å². The molecule has 26 heavy (non-hydrogen) atoms. The monoisotopic (exact) mass is 352 g/mol. The van der Waals surface area contributed by atoms with Crippen LogP contribution in [-0.2, 0) is 22.4 Å². The van der Waals surface area contributed by atoms with Gasteiger partial charge in [0.15, 0.2) is 5.78 Å². The van der Waals surface area contributed by atoms with E-state index < -0.39 is 0 Å². The number of ketones is 1. The molecule has 0 heterocycles. The minimum atomic E-state index is -0.304. The number of rotatable bonds is 6. The van der Waals surface area contributed by atoms with E-state index >= 15 is 0 Å². The Morgan fingerprint density at radius 2 is 1.85 bits per heavy atom. The summed E-state index contributed by atoms with van der Waals surface area (Å²) in [5, 5.41) is 0. The normalized spacial score (nSPS) is 15.7. The summed E-state index contributed by atoms with van der Waals surface area (Å²) in [7, 11) is 1.68. The molecule has 4 heteroatoms. The van der Waals surface area contributed by atoms with Crippen LogP contribution in [0.25, 0.3) is 11.1 Å². The van der Waals surface area contributed by atoms with Crippen LogP contribution in [0.3, 0.4) is 0 Å². The summed E-state index contributed by atoms with van der Waals surface area (Å²) < 4.78 is 10.4. The molecule has 0 radical (unpaired) electrons. The van der Waals surface area contributed by atoms with Gasteiger partial charge in [-0.25, -0.2) is 0 Å². The van der Waals surface area contributed by atoms with Crippen LogP contribution in [0.2, 0.25) is 0 Å². The molecule has 1 aliphatic carbocycles. The van der Waals surface area contributed by atoms with Crippen molar-refractivity contribution in [1.82, 2.24) is 0 Å². The Kier molecular flexibility index (Phi) is 5.40. The lowest BCUT2D eigenvalue weighted by molar-refractivity contribution is -0.143. The van der Waals surface area contributed by atoms with Gasteiger partial charge in [0.05, 0.1) is 20.1 Å². The SMILES string of the molecule is CCOC(=O)CC1Cc2cc(-c3ccc(OC)c(CC)c3)ccc2C1=O. The van der Waals surface area contributed by atoms with Crippen molar-refractivity contribution in [2.45, 2.75) is 33.1 Å². The molecule has 136 valence electrons. The number of aryl methyl sites for hydroxylation is 1. The van der Waals surface area contributed by atoms with Crippen LogP contribution < -0.4 is 4.74 Å². The van der Waals surface area contributed by atoms with Crippen LogP contribution in [0, 0.1) is 5.92 Å². The zero-order chi connectivity index (χ0) is 18.7. The predicted octanol–water partition coefficient (Wildman–Crippen LogP) is 4.23. The Morgan fingerprint density at radius 1 is 1.12 bits per heavy atom. The number of hydrogen-bond acceptors (Lipinski definition) is 4. The highest BCUT2D eigenvalue weighted by Gasteiger charge is 2.32. The molecule has 0 spiro atoms. The lowest BCUT2D eigenvalue weighted by atomic mass is 9.98. The fraction of sp³-hybridized carbons (Fsp3) is 0.364. The second-order valence-corrected chi connectivity index (χ2v) is 6.53. The van der Waals surface area contributed by atoms with Crippen molar-refractivity contribution in [3.05, 3.63) is 53.1 Å². The molecule has 0 N–H and O–H groups in total. The average Bonchev–Trinajstić information content (AvgIpc) is 2.96. The Bertz CT molecular complexity index is 838. The molecule has 2 aromatic rings. The molecular weight excluding hydrogens is 328 g/mol. The van der Waals surface area contributed by atoms with Gasteiger partial charge in [-0.05, 0) is 54.2 Å². The number of benzene rings is 2. The highest BCUT2D eigenvalue weighted by atomic mass is 16.5. The number of methoxy groups -OCH3 is 1. The van der Waals surface area contributed by atoms with Crippen LogP contribution in [0.15, 0.2) is 36.4 Å². The molecule has 2 aromatic carbocycles. The van der Waals surface area contributed by atoms with Crippen LogP contribution in [0.4, 0.5) is 0 Å². The van der Waals surface area contributed by atoms with Crippen LogP contribution in [-0.4, -0.2) is 25.5 Å². The van der Waals surface area contributed by atoms with E-state index in [1.807, 2.05) is 24.3 Å². The van der Waals surface area contributed by atoms with Gasteiger partial charge in [-0.2, -0.15) is 0 Å². The first-order valence-corrected chi connectivity index (χ1v) is 9.07. The Morgan fingerprint density at radius 3 is 2.54 bits per heavy atom. The van der Waals surface area contributed by atoms with Gasteiger partial charge in [-0.3, -0.25) is 9.59 Å². The molecule has 3 rings (SSSR count). The van der Waals surface area contributed by atoms with Gasteiger partial charge in [0.2, 0.25) is 0 Å². The van der Waals surface area contributed by atoms with Gasteiger partial charge < -0.3 is 9.47 Å². The van der Waals surface area contributed by atoms with Gasteiger partial charge in [0, 0.05) is 11.5 Å². The number of carbonyl (C=O) groups excluding carboxylic acids is 2. The second-order valence-electron chi connectivity index (χ2n) is 6.53. The highest BCUT2D eigenvalue weighted by molar-refractivity contribution is 6.04. The molecule has 0 fully saturated rings. The number of esters is 1. The largest absolute Gasteiger partial charge is 0.496 e. The van der Waals surface area contributed by atoms with Crippen LogP contribution in [0.1, 0.15) is 41.8 Å². The summed E-state index contributed by atoms with van der Waals surface area (Å²) in [5.74, 6) is 0.327. The molecule has 0 amide bonds. The minimum absolute atomic E-state index is 0.0450. The van der Waals surface area contributed by atoms with Crippen LogP contribution in [0.5, 0.6) is 5.75 Å². The van der Waals surface area contributed by atoms with Gasteiger partial charge in [-0.1, -0.05) is 31.2 Å². The zero-order valence-electron chi connectivity index (χ0n) is 15.5. The maximum Gasteiger partial charge on any atom is 0.306 e. The van der Waals surface area contributed by atoms with E-state index in [0.717, 1.165) is 40.0 Å². The molecule has 1 aliphatic rings. The number of ether oxygens (including phenoxy) is 2. The summed E-state index contributed by atoms with van der Waals surface area (Å²) in [4.78, 5) is 24.3. The lowest BCUT2D eigenvalue weighted by Gasteiger charge is -2.10. The molecule has 0 saturated heterocycles. The zero-order valence-corrected chi connectivity index (χ0v) is 15.5. The molecule has 0 saturated carbocycles. The van der Waals surface area contributed by atoms with Gasteiger partial charge in [0.1, 0.15) is 5.75 Å². The summed E-state index contributed by atoms with van der Waals surface area (Å²) in [6.07, 6.45) is 1.64. The third-order valence-electron chi connectivity index (χ3n) is 4.92. The molecular formula is C22H24O4. The lowest BCUT2D eigenvalue weighted by Crippen LogP contribution is -2.16. The first kappa shape index (κ1) is 18.2. The van der Waals surface area contributed by atoms with Gasteiger partial charge in [0.25, 0.3) is 0 Å². The summed E-state index contributed by atoms with van der Waals surface area (Å²) >= 11 is 0. The molecule has 0 aliphatic heterocycles. The number of carbonyl (C=O) groups is 2. The highest BCUT2D eigenvalue weighted by Crippen LogP contribution is 2.34. The third-order valence-corrected chi connectivity index (χ3v) is 4.92. The van der Waals surface area contributed by atoms with Crippen molar-refractivity contribution in [1.29, 1.82) is 0 Å². The molecule has 4 nitrogen and oxygen atoms in total. The third kappa shape index (κ3) is 3.50. The fourth-order valence-corrected chi connectivity index (χ4v) is 3.58. The van der Waals surface area contributed by atoms with Crippen LogP contribution >= 0.6 is 0 Å². The van der Waals surface area contributed by atoms with E-state index in [1.165, 1.54) is 0 Å². The average molecular weight is 352 g/mol. The molecule has 1 unspecified atom stereocenters. The van der Waals surface area contributed by atoms with Crippen molar-refractivity contribution < 1.29 is 19.1 Å². The summed E-state index contributed by atoms with van der Waals surface area (Å²) in [5.41, 5.74) is 5.07. The topological polar surface area (TPSA) is 52.6 Å². The van der Waals surface area contributed by atoms with E-state index in [-0.39, 0.29) is 24.1 Å². The van der Waals surface area contributed by atoms with E-state index in [1.54, 1.807) is 14.0 Å². The molecule has 1 atom stereocenters. The summed E-state index contributed by atoms with van der Waals surface area (Å²) in [6.45, 7) is 4.21. The predicted molar refractivity (Wildman–Crippen MR) is 101 cm³/mol. The van der Waals surface area contributed by atoms with E-state index in [9.17, 15) is 9.59 Å². The first-order chi connectivity index (χ1) is 12.6. The van der Waals surface area contributed by atoms with Crippen molar-refractivity contribution in [2.24, 2.45) is 5.92 Å². The van der Waals surface area contributed by atoms with Crippen molar-refractivity contribution in [3.63, 3.8) is 0 Å². The Balaban J connectivity index is 1.85. The maximum atomic E-state index is 12.5. The second kappa shape index (κ2) is 7.73. The summed E-state index contributed by atoms with van der Waals surface area (Å²) in [6, 6.07) is 12.1. The molecule has 0 bridgehead atoms. The van der Waals surface area contributed by atoms with Gasteiger partial charge in [-0.15, -0.1) is 0 Å². The molecule has 0 aromatic heterocycles. The first-order valence-electron chi connectivity index (χ1n) is 9.07. The minimum Gasteiger partial charge on any atom is -0.496 e. The fourth-order valence-electron chi connectivity index (χ4n) is 3.58. The number of hydrogen-bond donors (Lipinski definition) is 0. The maximum absolute atomic E-state index is 12.5. The Hall–Kier alpha value is -2.62. The Labute approximate surface area is 154 Å². The van der Waals surface area contributed by atoms with E-state index in [0.29, 0.717) is 13.0 Å². The number of fused-ring (bicyclic) bond motifs is 1. The van der Waals surface area contributed by atoms with E-state index in [2.05, 4.69) is 19.1 Å². The quantitative estimate of drug-likeness (QED) is 0.730. The van der Waals surface area contributed by atoms with E-state index in [4.69, 9.17) is 9.47 Å². The standard InChI is InChI=1S/C22H24O4/c1-4-14-10-16(7-9-20(14)25-3)15-6-8-19-17(11-15)12-18(22(19)24)13-21(23)26-5-2/h6-11,18H,4-5,12-13H2,1-3H3. The smallest absolute Gasteiger partial charge is 0.306 e.